The van der Waals surface area contributed by atoms with Gasteiger partial charge in [-0.15, -0.1) is 4.91 Å². The molecule has 32 heavy (non-hydrogen) atoms. The van der Waals surface area contributed by atoms with Crippen molar-refractivity contribution in [3.8, 4) is 34.4 Å². The molecular weight excluding hydrogens is 415 g/mol. The molecule has 0 bridgehead atoms. The molecule has 1 heterocycles. The number of hydrogen-bond donors (Lipinski definition) is 0. The van der Waals surface area contributed by atoms with Crippen molar-refractivity contribution < 1.29 is 23.5 Å². The second kappa shape index (κ2) is 9.48. The Morgan fingerprint density at radius 3 is 2.19 bits per heavy atom. The van der Waals surface area contributed by atoms with Crippen molar-refractivity contribution in [2.45, 2.75) is 0 Å². The quantitative estimate of drug-likeness (QED) is 0.252. The van der Waals surface area contributed by atoms with Gasteiger partial charge in [0, 0.05) is 17.7 Å². The molecule has 0 aliphatic carbocycles. The van der Waals surface area contributed by atoms with E-state index >= 15 is 0 Å². The number of hydrogen-bond acceptors (Lipinski definition) is 7. The van der Waals surface area contributed by atoms with Gasteiger partial charge >= 0.3 is 5.97 Å². The zero-order valence-corrected chi connectivity index (χ0v) is 16.5. The molecule has 4 aromatic rings. The number of aromatic nitrogens is 1. The second-order valence-electron chi connectivity index (χ2n) is 6.53. The molecule has 158 valence electrons. The molecule has 0 aliphatic rings. The van der Waals surface area contributed by atoms with Crippen molar-refractivity contribution in [3.63, 3.8) is 0 Å². The van der Waals surface area contributed by atoms with Crippen LogP contribution in [0.5, 0.6) is 23.1 Å². The largest absolute Gasteiger partial charge is 0.457 e. The molecule has 4 rings (SSSR count). The minimum Gasteiger partial charge on any atom is -0.457 e. The lowest BCUT2D eigenvalue weighted by Crippen LogP contribution is -2.03. The summed E-state index contributed by atoms with van der Waals surface area (Å²) in [6.07, 6.45) is 0. The zero-order chi connectivity index (χ0) is 22.3. The molecule has 0 saturated heterocycles. The lowest BCUT2D eigenvalue weighted by Gasteiger charge is -2.11. The van der Waals surface area contributed by atoms with E-state index in [9.17, 15) is 14.1 Å². The molecule has 0 atom stereocenters. The van der Waals surface area contributed by atoms with Crippen LogP contribution in [0.1, 0.15) is 10.4 Å². The van der Waals surface area contributed by atoms with E-state index < -0.39 is 11.8 Å². The van der Waals surface area contributed by atoms with Crippen LogP contribution in [0, 0.1) is 10.7 Å². The Kier molecular flexibility index (Phi) is 6.12. The Hall–Kier alpha value is -4.59. The maximum atomic E-state index is 13.3. The predicted octanol–water partition coefficient (Wildman–Crippen LogP) is 6.31. The first-order chi connectivity index (χ1) is 15.6. The molecule has 0 N–H and O–H groups in total. The predicted molar refractivity (Wildman–Crippen MR) is 114 cm³/mol. The van der Waals surface area contributed by atoms with Gasteiger partial charge < -0.3 is 9.47 Å². The summed E-state index contributed by atoms with van der Waals surface area (Å²) in [5, 5.41) is 2.16. The lowest BCUT2D eigenvalue weighted by atomic mass is 10.1. The molecule has 0 fully saturated rings. The van der Waals surface area contributed by atoms with Crippen molar-refractivity contribution in [1.82, 2.24) is 4.98 Å². The molecular formula is C24H15FN2O5. The van der Waals surface area contributed by atoms with E-state index in [1.165, 1.54) is 36.4 Å². The average molecular weight is 430 g/mol. The Morgan fingerprint density at radius 1 is 0.781 bits per heavy atom. The summed E-state index contributed by atoms with van der Waals surface area (Å²) in [6.45, 7) is 0. The fraction of sp³-hybridized carbons (Fsp3) is 0. The van der Waals surface area contributed by atoms with E-state index in [1.807, 2.05) is 30.3 Å². The van der Waals surface area contributed by atoms with Gasteiger partial charge in [0.05, 0.1) is 11.3 Å². The van der Waals surface area contributed by atoms with Crippen LogP contribution in [0.2, 0.25) is 0 Å². The monoisotopic (exact) mass is 430 g/mol. The molecule has 8 heteroatoms. The SMILES string of the molecule is O=NOC(=O)c1cc(Oc2cccc(Oc3ccccc3)c2)nc(-c2ccc(F)cc2)c1. The van der Waals surface area contributed by atoms with Crippen LogP contribution in [0.15, 0.2) is 96.3 Å². The summed E-state index contributed by atoms with van der Waals surface area (Å²) in [7, 11) is 0. The summed E-state index contributed by atoms with van der Waals surface area (Å²) in [4.78, 5) is 31.0. The Balaban J connectivity index is 1.65. The van der Waals surface area contributed by atoms with E-state index in [0.717, 1.165) is 0 Å². The number of ether oxygens (including phenoxy) is 2. The van der Waals surface area contributed by atoms with Crippen LogP contribution in [0.3, 0.4) is 0 Å². The van der Waals surface area contributed by atoms with Crippen LogP contribution in [0.4, 0.5) is 4.39 Å². The van der Waals surface area contributed by atoms with Gasteiger partial charge in [0.15, 0.2) is 5.34 Å². The molecule has 0 spiro atoms. The highest BCUT2D eigenvalue weighted by Gasteiger charge is 2.15. The molecule has 1 aromatic heterocycles. The van der Waals surface area contributed by atoms with Gasteiger partial charge in [0.1, 0.15) is 23.1 Å². The van der Waals surface area contributed by atoms with E-state index in [-0.39, 0.29) is 11.4 Å². The summed E-state index contributed by atoms with van der Waals surface area (Å²) in [6, 6.07) is 24.3. The zero-order valence-electron chi connectivity index (χ0n) is 16.5. The Bertz CT molecular complexity index is 1250. The third-order valence-corrected chi connectivity index (χ3v) is 4.30. The van der Waals surface area contributed by atoms with Crippen LogP contribution in [-0.2, 0) is 4.84 Å². The molecule has 0 amide bonds. The Labute approximate surface area is 182 Å². The van der Waals surface area contributed by atoms with Crippen molar-refractivity contribution in [3.05, 3.63) is 107 Å². The topological polar surface area (TPSA) is 87.1 Å². The number of pyridine rings is 1. The van der Waals surface area contributed by atoms with Crippen molar-refractivity contribution in [2.75, 3.05) is 0 Å². The molecule has 0 saturated carbocycles. The fourth-order valence-corrected chi connectivity index (χ4v) is 2.88. The van der Waals surface area contributed by atoms with E-state index in [4.69, 9.17) is 9.47 Å². The number of para-hydroxylation sites is 1. The smallest absolute Gasteiger partial charge is 0.369 e. The minimum absolute atomic E-state index is 0.00869. The minimum atomic E-state index is -0.975. The summed E-state index contributed by atoms with van der Waals surface area (Å²) in [5.41, 5.74) is 0.841. The highest BCUT2D eigenvalue weighted by molar-refractivity contribution is 5.91. The van der Waals surface area contributed by atoms with Crippen molar-refractivity contribution in [1.29, 1.82) is 0 Å². The van der Waals surface area contributed by atoms with Gasteiger partial charge in [0.2, 0.25) is 5.88 Å². The van der Waals surface area contributed by atoms with Crippen LogP contribution in [-0.4, -0.2) is 11.0 Å². The fourth-order valence-electron chi connectivity index (χ4n) is 2.88. The van der Waals surface area contributed by atoms with Crippen LogP contribution < -0.4 is 9.47 Å². The van der Waals surface area contributed by atoms with Gasteiger partial charge in [-0.3, -0.25) is 4.84 Å². The van der Waals surface area contributed by atoms with Gasteiger partial charge in [-0.1, -0.05) is 24.3 Å². The molecule has 0 radical (unpaired) electrons. The van der Waals surface area contributed by atoms with Crippen LogP contribution in [0.25, 0.3) is 11.3 Å². The van der Waals surface area contributed by atoms with Gasteiger partial charge in [-0.25, -0.2) is 14.2 Å². The summed E-state index contributed by atoms with van der Waals surface area (Å²) < 4.78 is 24.9. The third-order valence-electron chi connectivity index (χ3n) is 4.30. The molecule has 3 aromatic carbocycles. The van der Waals surface area contributed by atoms with Gasteiger partial charge in [-0.2, -0.15) is 0 Å². The summed E-state index contributed by atoms with van der Waals surface area (Å²) in [5.74, 6) is 0.259. The van der Waals surface area contributed by atoms with E-state index in [2.05, 4.69) is 15.2 Å². The number of halogens is 1. The van der Waals surface area contributed by atoms with E-state index in [1.54, 1.807) is 24.3 Å². The maximum Gasteiger partial charge on any atom is 0.369 e. The highest BCUT2D eigenvalue weighted by atomic mass is 19.1. The molecule has 0 unspecified atom stereocenters. The normalized spacial score (nSPS) is 10.3. The number of benzene rings is 3. The second-order valence-corrected chi connectivity index (χ2v) is 6.53. The highest BCUT2D eigenvalue weighted by Crippen LogP contribution is 2.30. The first-order valence-corrected chi connectivity index (χ1v) is 9.43. The Morgan fingerprint density at radius 2 is 1.47 bits per heavy atom. The number of carbonyl (C=O) groups excluding carboxylic acids is 1. The first kappa shape index (κ1) is 20.7. The third kappa shape index (κ3) is 5.11. The number of nitrogens with zero attached hydrogens (tertiary/aromatic N) is 2. The standard InChI is InChI=1S/C24H15FN2O5/c25-18-11-9-16(10-12-18)22-13-17(24(28)32-27-29)14-23(26-22)31-21-8-4-7-20(15-21)30-19-5-2-1-3-6-19/h1-15H. The maximum absolute atomic E-state index is 13.3. The van der Waals surface area contributed by atoms with Crippen molar-refractivity contribution in [2.24, 2.45) is 5.34 Å². The van der Waals surface area contributed by atoms with Crippen LogP contribution >= 0.6 is 0 Å². The first-order valence-electron chi connectivity index (χ1n) is 9.43. The molecule has 7 nitrogen and oxygen atoms in total. The van der Waals surface area contributed by atoms with Crippen molar-refractivity contribution >= 4 is 5.97 Å². The molecule has 0 aliphatic heterocycles. The van der Waals surface area contributed by atoms with Gasteiger partial charge in [-0.05, 0) is 54.6 Å². The number of rotatable bonds is 7. The van der Waals surface area contributed by atoms with E-state index in [0.29, 0.717) is 28.5 Å². The number of carbonyl (C=O) groups is 1. The van der Waals surface area contributed by atoms with Gasteiger partial charge in [0.25, 0.3) is 0 Å². The average Bonchev–Trinajstić information content (AvgIpc) is 2.80. The summed E-state index contributed by atoms with van der Waals surface area (Å²) >= 11 is 0. The lowest BCUT2D eigenvalue weighted by molar-refractivity contribution is 0.0508.